The summed E-state index contributed by atoms with van der Waals surface area (Å²) >= 11 is 0. The fraction of sp³-hybridized carbons (Fsp3) is 0.619. The highest BCUT2D eigenvalue weighted by Crippen LogP contribution is 2.15. The van der Waals surface area contributed by atoms with Gasteiger partial charge >= 0.3 is 0 Å². The molecule has 0 bridgehead atoms. The predicted octanol–water partition coefficient (Wildman–Crippen LogP) is 1.06. The van der Waals surface area contributed by atoms with E-state index in [9.17, 15) is 9.59 Å². The zero-order chi connectivity index (χ0) is 19.8. The van der Waals surface area contributed by atoms with Gasteiger partial charge in [0.05, 0.1) is 7.11 Å². The minimum atomic E-state index is -0.112. The smallest absolute Gasteiger partial charge is 0.254 e. The van der Waals surface area contributed by atoms with Crippen LogP contribution in [0.3, 0.4) is 0 Å². The van der Waals surface area contributed by atoms with Gasteiger partial charge in [-0.2, -0.15) is 0 Å². The van der Waals surface area contributed by atoms with Crippen LogP contribution in [0.5, 0.6) is 5.75 Å². The van der Waals surface area contributed by atoms with E-state index in [1.165, 1.54) is 19.3 Å². The van der Waals surface area contributed by atoms with E-state index in [0.29, 0.717) is 30.9 Å². The molecule has 0 unspecified atom stereocenters. The molecule has 2 saturated heterocycles. The maximum absolute atomic E-state index is 13.2. The molecule has 0 aliphatic carbocycles. The molecule has 2 aliphatic heterocycles. The van der Waals surface area contributed by atoms with Gasteiger partial charge in [0.1, 0.15) is 12.3 Å². The minimum Gasteiger partial charge on any atom is -0.497 e. The Kier molecular flexibility index (Phi) is 7.68. The number of likely N-dealkylation sites (tertiary alicyclic amines) is 1. The lowest BCUT2D eigenvalue weighted by molar-refractivity contribution is -0.132. The van der Waals surface area contributed by atoms with Crippen molar-refractivity contribution < 1.29 is 14.3 Å². The molecular formula is C21H32N4O3. The molecule has 1 N–H and O–H groups in total. The Balaban J connectivity index is 1.68. The molecule has 0 atom stereocenters. The lowest BCUT2D eigenvalue weighted by atomic mass is 10.1. The lowest BCUT2D eigenvalue weighted by Crippen LogP contribution is -2.51. The number of benzene rings is 1. The van der Waals surface area contributed by atoms with Crippen LogP contribution in [0.25, 0.3) is 0 Å². The predicted molar refractivity (Wildman–Crippen MR) is 109 cm³/mol. The number of piperidine rings is 1. The molecule has 28 heavy (non-hydrogen) atoms. The number of hydrogen-bond donors (Lipinski definition) is 1. The van der Waals surface area contributed by atoms with Crippen LogP contribution < -0.4 is 10.1 Å². The summed E-state index contributed by atoms with van der Waals surface area (Å²) in [7, 11) is 1.59. The highest BCUT2D eigenvalue weighted by atomic mass is 16.5. The van der Waals surface area contributed by atoms with Gasteiger partial charge in [-0.1, -0.05) is 12.5 Å². The molecule has 0 aromatic heterocycles. The van der Waals surface area contributed by atoms with E-state index in [1.54, 1.807) is 24.1 Å². The van der Waals surface area contributed by atoms with Gasteiger partial charge in [-0.15, -0.1) is 0 Å². The van der Waals surface area contributed by atoms with Crippen molar-refractivity contribution in [1.82, 2.24) is 20.0 Å². The van der Waals surface area contributed by atoms with Gasteiger partial charge in [0.2, 0.25) is 5.91 Å². The first kappa shape index (κ1) is 20.6. The number of nitrogens with one attached hydrogen (secondary N) is 1. The van der Waals surface area contributed by atoms with Crippen LogP contribution in [0.2, 0.25) is 0 Å². The van der Waals surface area contributed by atoms with E-state index in [0.717, 1.165) is 32.7 Å². The van der Waals surface area contributed by atoms with Crippen LogP contribution in [-0.4, -0.2) is 92.5 Å². The zero-order valence-electron chi connectivity index (χ0n) is 16.9. The summed E-state index contributed by atoms with van der Waals surface area (Å²) in [6.45, 7) is 6.67. The van der Waals surface area contributed by atoms with Crippen molar-refractivity contribution in [2.24, 2.45) is 0 Å². The van der Waals surface area contributed by atoms with Gasteiger partial charge in [-0.3, -0.25) is 9.59 Å². The first-order chi connectivity index (χ1) is 13.7. The standard InChI is InChI=1S/C21H32N4O3/c1-28-19-7-5-6-18(16-19)21(27)25(15-14-23-10-3-2-4-11-23)17-20(26)24-12-8-22-9-13-24/h5-7,16,22H,2-4,8-15,17H2,1H3. The lowest BCUT2D eigenvalue weighted by Gasteiger charge is -2.32. The maximum atomic E-state index is 13.2. The molecule has 0 radical (unpaired) electrons. The Hall–Kier alpha value is -2.12. The number of nitrogens with zero attached hydrogens (tertiary/aromatic N) is 3. The Morgan fingerprint density at radius 1 is 1.11 bits per heavy atom. The third kappa shape index (κ3) is 5.69. The third-order valence-corrected chi connectivity index (χ3v) is 5.53. The monoisotopic (exact) mass is 388 g/mol. The quantitative estimate of drug-likeness (QED) is 0.757. The van der Waals surface area contributed by atoms with Crippen molar-refractivity contribution in [2.75, 3.05) is 66.0 Å². The van der Waals surface area contributed by atoms with Crippen molar-refractivity contribution in [3.63, 3.8) is 0 Å². The van der Waals surface area contributed by atoms with E-state index in [4.69, 9.17) is 4.74 Å². The number of methoxy groups -OCH3 is 1. The van der Waals surface area contributed by atoms with Crippen LogP contribution >= 0.6 is 0 Å². The van der Waals surface area contributed by atoms with E-state index < -0.39 is 0 Å². The zero-order valence-corrected chi connectivity index (χ0v) is 16.9. The highest BCUT2D eigenvalue weighted by molar-refractivity contribution is 5.96. The molecule has 7 nitrogen and oxygen atoms in total. The molecule has 1 aromatic carbocycles. The van der Waals surface area contributed by atoms with E-state index >= 15 is 0 Å². The maximum Gasteiger partial charge on any atom is 0.254 e. The number of amides is 2. The molecule has 1 aromatic rings. The second-order valence-electron chi connectivity index (χ2n) is 7.49. The topological polar surface area (TPSA) is 65.1 Å². The average Bonchev–Trinajstić information content (AvgIpc) is 2.77. The van der Waals surface area contributed by atoms with E-state index in [2.05, 4.69) is 10.2 Å². The summed E-state index contributed by atoms with van der Waals surface area (Å²) < 4.78 is 5.26. The number of carbonyl (C=O) groups is 2. The van der Waals surface area contributed by atoms with Crippen LogP contribution in [0.1, 0.15) is 29.6 Å². The van der Waals surface area contributed by atoms with Crippen LogP contribution in [-0.2, 0) is 4.79 Å². The van der Waals surface area contributed by atoms with E-state index in [1.807, 2.05) is 17.0 Å². The summed E-state index contributed by atoms with van der Waals surface area (Å²) in [5.74, 6) is 0.561. The largest absolute Gasteiger partial charge is 0.497 e. The molecule has 3 rings (SSSR count). The number of hydrogen-bond acceptors (Lipinski definition) is 5. The van der Waals surface area contributed by atoms with Crippen LogP contribution in [0.4, 0.5) is 0 Å². The molecule has 154 valence electrons. The van der Waals surface area contributed by atoms with Gasteiger partial charge in [-0.25, -0.2) is 0 Å². The molecule has 2 aliphatic rings. The molecule has 0 saturated carbocycles. The highest BCUT2D eigenvalue weighted by Gasteiger charge is 2.24. The van der Waals surface area contributed by atoms with Gasteiger partial charge in [0.25, 0.3) is 5.91 Å². The van der Waals surface area contributed by atoms with Crippen molar-refractivity contribution in [3.05, 3.63) is 29.8 Å². The molecule has 2 fully saturated rings. The number of rotatable bonds is 7. The summed E-state index contributed by atoms with van der Waals surface area (Å²) in [5.41, 5.74) is 0.561. The molecule has 2 amide bonds. The van der Waals surface area contributed by atoms with Crippen molar-refractivity contribution >= 4 is 11.8 Å². The van der Waals surface area contributed by atoms with Crippen molar-refractivity contribution in [2.45, 2.75) is 19.3 Å². The second-order valence-corrected chi connectivity index (χ2v) is 7.49. The van der Waals surface area contributed by atoms with Gasteiger partial charge in [-0.05, 0) is 44.1 Å². The molecule has 0 spiro atoms. The third-order valence-electron chi connectivity index (χ3n) is 5.53. The average molecular weight is 389 g/mol. The summed E-state index contributed by atoms with van der Waals surface area (Å²) in [6.07, 6.45) is 3.71. The fourth-order valence-electron chi connectivity index (χ4n) is 3.81. The second kappa shape index (κ2) is 10.4. The van der Waals surface area contributed by atoms with Crippen LogP contribution in [0.15, 0.2) is 24.3 Å². The van der Waals surface area contributed by atoms with Gasteiger partial charge in [0, 0.05) is 44.8 Å². The fourth-order valence-corrected chi connectivity index (χ4v) is 3.81. The van der Waals surface area contributed by atoms with Crippen LogP contribution in [0, 0.1) is 0 Å². The Labute approximate surface area is 167 Å². The van der Waals surface area contributed by atoms with Crippen molar-refractivity contribution in [1.29, 1.82) is 0 Å². The van der Waals surface area contributed by atoms with Gasteiger partial charge < -0.3 is 24.8 Å². The Morgan fingerprint density at radius 3 is 2.57 bits per heavy atom. The first-order valence-electron chi connectivity index (χ1n) is 10.3. The number of piperazine rings is 1. The Morgan fingerprint density at radius 2 is 1.86 bits per heavy atom. The molecule has 7 heteroatoms. The van der Waals surface area contributed by atoms with Gasteiger partial charge in [0.15, 0.2) is 0 Å². The number of carbonyl (C=O) groups excluding carboxylic acids is 2. The summed E-state index contributed by atoms with van der Waals surface area (Å²) in [4.78, 5) is 31.9. The van der Waals surface area contributed by atoms with E-state index in [-0.39, 0.29) is 18.4 Å². The van der Waals surface area contributed by atoms with Crippen molar-refractivity contribution in [3.8, 4) is 5.75 Å². The number of ether oxygens (including phenoxy) is 1. The Bertz CT molecular complexity index is 655. The first-order valence-corrected chi connectivity index (χ1v) is 10.3. The molecule has 2 heterocycles. The minimum absolute atomic E-state index is 0.0244. The summed E-state index contributed by atoms with van der Waals surface area (Å²) in [6, 6.07) is 7.16. The normalized spacial score (nSPS) is 18.0. The SMILES string of the molecule is COc1cccc(C(=O)N(CCN2CCCCC2)CC(=O)N2CCNCC2)c1. The summed E-state index contributed by atoms with van der Waals surface area (Å²) in [5, 5.41) is 3.26. The molecular weight excluding hydrogens is 356 g/mol.